The minimum Gasteiger partial charge on any atom is -0.486 e. The fourth-order valence-electron chi connectivity index (χ4n) is 1.40. The quantitative estimate of drug-likeness (QED) is 0.649. The summed E-state index contributed by atoms with van der Waals surface area (Å²) in [6.07, 6.45) is 0. The molecule has 0 saturated carbocycles. The summed E-state index contributed by atoms with van der Waals surface area (Å²) in [6, 6.07) is 14.2. The third kappa shape index (κ3) is 4.19. The maximum Gasteiger partial charge on any atom is 0.145 e. The first-order chi connectivity index (χ1) is 9.13. The van der Waals surface area contributed by atoms with Crippen LogP contribution >= 0.6 is 11.6 Å². The minimum atomic E-state index is -0.0125. The molecule has 98 valence electrons. The van der Waals surface area contributed by atoms with E-state index in [-0.39, 0.29) is 12.4 Å². The smallest absolute Gasteiger partial charge is 0.145 e. The molecular weight excluding hydrogens is 264 g/mol. The van der Waals surface area contributed by atoms with Gasteiger partial charge in [-0.3, -0.25) is 5.41 Å². The van der Waals surface area contributed by atoms with Crippen LogP contribution < -0.4 is 15.2 Å². The maximum atomic E-state index is 7.07. The standard InChI is InChI=1S/C14H13ClN2O2/c15-10-1-3-12(4-2-10)19-13-7-5-11(6-8-13)18-9-14(16)17/h1-8H,9H2,(H3,16,17). The Hall–Kier alpha value is -2.20. The van der Waals surface area contributed by atoms with Crippen molar-refractivity contribution < 1.29 is 9.47 Å². The molecule has 2 rings (SSSR count). The van der Waals surface area contributed by atoms with Gasteiger partial charge >= 0.3 is 0 Å². The van der Waals surface area contributed by atoms with Crippen molar-refractivity contribution in [2.24, 2.45) is 5.73 Å². The van der Waals surface area contributed by atoms with E-state index < -0.39 is 0 Å². The van der Waals surface area contributed by atoms with Crippen LogP contribution in [0.25, 0.3) is 0 Å². The molecule has 2 aromatic rings. The van der Waals surface area contributed by atoms with Gasteiger partial charge in [-0.15, -0.1) is 0 Å². The zero-order chi connectivity index (χ0) is 13.7. The van der Waals surface area contributed by atoms with Crippen molar-refractivity contribution in [1.82, 2.24) is 0 Å². The van der Waals surface area contributed by atoms with Gasteiger partial charge in [0.15, 0.2) is 0 Å². The van der Waals surface area contributed by atoms with Crippen LogP contribution in [0.2, 0.25) is 5.02 Å². The van der Waals surface area contributed by atoms with Gasteiger partial charge in [-0.05, 0) is 48.5 Å². The molecule has 5 heteroatoms. The zero-order valence-electron chi connectivity index (χ0n) is 10.1. The van der Waals surface area contributed by atoms with Gasteiger partial charge in [0.2, 0.25) is 0 Å². The van der Waals surface area contributed by atoms with Gasteiger partial charge in [0.25, 0.3) is 0 Å². The molecule has 0 aliphatic carbocycles. The van der Waals surface area contributed by atoms with Gasteiger partial charge in [-0.25, -0.2) is 0 Å². The van der Waals surface area contributed by atoms with Crippen LogP contribution in [-0.4, -0.2) is 12.4 Å². The number of rotatable bonds is 5. The van der Waals surface area contributed by atoms with Gasteiger partial charge in [-0.1, -0.05) is 11.6 Å². The highest BCUT2D eigenvalue weighted by atomic mass is 35.5. The zero-order valence-corrected chi connectivity index (χ0v) is 10.9. The molecule has 3 N–H and O–H groups in total. The molecule has 0 radical (unpaired) electrons. The molecule has 0 aliphatic heterocycles. The summed E-state index contributed by atoms with van der Waals surface area (Å²) in [4.78, 5) is 0. The molecule has 0 fully saturated rings. The fourth-order valence-corrected chi connectivity index (χ4v) is 1.53. The van der Waals surface area contributed by atoms with Crippen LogP contribution in [0.4, 0.5) is 0 Å². The number of nitrogens with two attached hydrogens (primary N) is 1. The second-order valence-electron chi connectivity index (χ2n) is 3.84. The Morgan fingerprint density at radius 2 is 1.42 bits per heavy atom. The van der Waals surface area contributed by atoms with Crippen molar-refractivity contribution in [3.63, 3.8) is 0 Å². The molecule has 0 unspecified atom stereocenters. The number of nitrogens with one attached hydrogen (secondary N) is 1. The number of hydrogen-bond donors (Lipinski definition) is 2. The van der Waals surface area contributed by atoms with E-state index in [4.69, 9.17) is 32.2 Å². The van der Waals surface area contributed by atoms with Crippen LogP contribution in [0.1, 0.15) is 0 Å². The second kappa shape index (κ2) is 6.11. The molecule has 0 aromatic heterocycles. The molecule has 0 atom stereocenters. The summed E-state index contributed by atoms with van der Waals surface area (Å²) in [7, 11) is 0. The van der Waals surface area contributed by atoms with Gasteiger partial charge in [0.05, 0.1) is 0 Å². The Labute approximate surface area is 116 Å². The van der Waals surface area contributed by atoms with E-state index in [9.17, 15) is 0 Å². The molecule has 4 nitrogen and oxygen atoms in total. The lowest BCUT2D eigenvalue weighted by Crippen LogP contribution is -2.19. The van der Waals surface area contributed by atoms with Gasteiger partial charge < -0.3 is 15.2 Å². The van der Waals surface area contributed by atoms with Crippen LogP contribution in [0.3, 0.4) is 0 Å². The van der Waals surface area contributed by atoms with Crippen molar-refractivity contribution in [1.29, 1.82) is 5.41 Å². The van der Waals surface area contributed by atoms with E-state index in [1.54, 1.807) is 48.5 Å². The lowest BCUT2D eigenvalue weighted by Gasteiger charge is -2.08. The highest BCUT2D eigenvalue weighted by Gasteiger charge is 1.99. The molecular formula is C14H13ClN2O2. The summed E-state index contributed by atoms with van der Waals surface area (Å²) in [5, 5.41) is 7.74. The SMILES string of the molecule is N=C(N)COc1ccc(Oc2ccc(Cl)cc2)cc1. The fraction of sp³-hybridized carbons (Fsp3) is 0.0714. The van der Waals surface area contributed by atoms with Crippen molar-refractivity contribution in [3.05, 3.63) is 53.6 Å². The first-order valence-electron chi connectivity index (χ1n) is 5.62. The molecule has 0 spiro atoms. The largest absolute Gasteiger partial charge is 0.486 e. The molecule has 19 heavy (non-hydrogen) atoms. The van der Waals surface area contributed by atoms with Crippen LogP contribution in [-0.2, 0) is 0 Å². The molecule has 0 amide bonds. The third-order valence-electron chi connectivity index (χ3n) is 2.27. The lowest BCUT2D eigenvalue weighted by molar-refractivity contribution is 0.373. The Kier molecular flexibility index (Phi) is 4.26. The van der Waals surface area contributed by atoms with E-state index in [0.29, 0.717) is 22.3 Å². The second-order valence-corrected chi connectivity index (χ2v) is 4.28. The third-order valence-corrected chi connectivity index (χ3v) is 2.52. The molecule has 0 heterocycles. The predicted molar refractivity (Wildman–Crippen MR) is 75.4 cm³/mol. The van der Waals surface area contributed by atoms with E-state index in [1.807, 2.05) is 0 Å². The average Bonchev–Trinajstić information content (AvgIpc) is 2.40. The van der Waals surface area contributed by atoms with E-state index in [2.05, 4.69) is 0 Å². The van der Waals surface area contributed by atoms with Crippen LogP contribution in [0, 0.1) is 5.41 Å². The van der Waals surface area contributed by atoms with Crippen molar-refractivity contribution in [3.8, 4) is 17.2 Å². The average molecular weight is 277 g/mol. The number of hydrogen-bond acceptors (Lipinski definition) is 3. The Balaban J connectivity index is 1.98. The van der Waals surface area contributed by atoms with Gasteiger partial charge in [0, 0.05) is 5.02 Å². The van der Waals surface area contributed by atoms with Crippen molar-refractivity contribution >= 4 is 17.4 Å². The van der Waals surface area contributed by atoms with Crippen molar-refractivity contribution in [2.45, 2.75) is 0 Å². The lowest BCUT2D eigenvalue weighted by atomic mass is 10.3. The van der Waals surface area contributed by atoms with E-state index in [1.165, 1.54) is 0 Å². The summed E-state index contributed by atoms with van der Waals surface area (Å²) < 4.78 is 10.9. The molecule has 0 aliphatic rings. The van der Waals surface area contributed by atoms with Gasteiger partial charge in [-0.2, -0.15) is 0 Å². The van der Waals surface area contributed by atoms with Gasteiger partial charge in [0.1, 0.15) is 29.7 Å². The maximum absolute atomic E-state index is 7.07. The number of halogens is 1. The normalized spacial score (nSPS) is 9.95. The first-order valence-corrected chi connectivity index (χ1v) is 6.00. The number of ether oxygens (including phenoxy) is 2. The summed E-state index contributed by atoms with van der Waals surface area (Å²) in [6.45, 7) is 0.0807. The highest BCUT2D eigenvalue weighted by Crippen LogP contribution is 2.24. The molecule has 0 saturated heterocycles. The summed E-state index contributed by atoms with van der Waals surface area (Å²) in [5.41, 5.74) is 5.21. The topological polar surface area (TPSA) is 68.3 Å². The summed E-state index contributed by atoms with van der Waals surface area (Å²) in [5.74, 6) is 2.03. The predicted octanol–water partition coefficient (Wildman–Crippen LogP) is 3.45. The first kappa shape index (κ1) is 13.2. The molecule has 2 aromatic carbocycles. The Morgan fingerprint density at radius 1 is 0.947 bits per heavy atom. The minimum absolute atomic E-state index is 0.0125. The van der Waals surface area contributed by atoms with Crippen LogP contribution in [0.5, 0.6) is 17.2 Å². The Bertz CT molecular complexity index is 553. The van der Waals surface area contributed by atoms with Crippen LogP contribution in [0.15, 0.2) is 48.5 Å². The Morgan fingerprint density at radius 3 is 1.95 bits per heavy atom. The monoisotopic (exact) mass is 276 g/mol. The highest BCUT2D eigenvalue weighted by molar-refractivity contribution is 6.30. The van der Waals surface area contributed by atoms with Crippen molar-refractivity contribution in [2.75, 3.05) is 6.61 Å². The van der Waals surface area contributed by atoms with E-state index >= 15 is 0 Å². The number of amidine groups is 1. The number of benzene rings is 2. The molecule has 0 bridgehead atoms. The van der Waals surface area contributed by atoms with E-state index in [0.717, 1.165) is 0 Å². The summed E-state index contributed by atoms with van der Waals surface area (Å²) >= 11 is 5.80.